The van der Waals surface area contributed by atoms with Gasteiger partial charge in [-0.1, -0.05) is 0 Å². The van der Waals surface area contributed by atoms with E-state index in [-0.39, 0.29) is 5.82 Å². The van der Waals surface area contributed by atoms with Gasteiger partial charge in [-0.15, -0.1) is 0 Å². The molecule has 0 amide bonds. The van der Waals surface area contributed by atoms with E-state index < -0.39 is 4.92 Å². The second-order valence-corrected chi connectivity index (χ2v) is 2.51. The van der Waals surface area contributed by atoms with Crippen molar-refractivity contribution >= 4 is 18.4 Å². The predicted molar refractivity (Wildman–Crippen MR) is 47.2 cm³/mol. The fourth-order valence-electron chi connectivity index (χ4n) is 1.02. The van der Waals surface area contributed by atoms with Crippen molar-refractivity contribution in [2.24, 2.45) is 0 Å². The van der Waals surface area contributed by atoms with Crippen LogP contribution in [0.5, 0.6) is 0 Å². The summed E-state index contributed by atoms with van der Waals surface area (Å²) in [4.78, 5) is 13.9. The number of aromatic nitrogens is 2. The summed E-state index contributed by atoms with van der Waals surface area (Å²) in [6.07, 6.45) is 1.26. The van der Waals surface area contributed by atoms with E-state index in [1.54, 1.807) is 0 Å². The molecule has 66 valence electrons. The minimum Gasteiger partial charge on any atom is -0.358 e. The number of rotatable bonds is 3. The van der Waals surface area contributed by atoms with Crippen molar-refractivity contribution < 1.29 is 4.92 Å². The monoisotopic (exact) mass is 187 g/mol. The third-order valence-corrected chi connectivity index (χ3v) is 1.84. The lowest BCUT2D eigenvalue weighted by Gasteiger charge is -1.98. The maximum Gasteiger partial charge on any atom is 0.342 e. The molecule has 1 heterocycles. The maximum absolute atomic E-state index is 10.4. The quantitative estimate of drug-likeness (QED) is 0.440. The van der Waals surface area contributed by atoms with Gasteiger partial charge in [0, 0.05) is 0 Å². The van der Waals surface area contributed by atoms with Gasteiger partial charge in [0.2, 0.25) is 5.82 Å². The normalized spacial score (nSPS) is 10.2. The lowest BCUT2D eigenvalue weighted by molar-refractivity contribution is -0.392. The largest absolute Gasteiger partial charge is 0.358 e. The zero-order chi connectivity index (χ0) is 9.14. The average molecular weight is 187 g/mol. The molecule has 0 saturated carbocycles. The summed E-state index contributed by atoms with van der Waals surface area (Å²) in [5, 5.41) is 10.4. The first-order valence-electron chi connectivity index (χ1n) is 3.50. The van der Waals surface area contributed by atoms with E-state index in [4.69, 9.17) is 0 Å². The third-order valence-electron chi connectivity index (χ3n) is 1.56. The van der Waals surface area contributed by atoms with E-state index in [1.807, 2.05) is 6.92 Å². The van der Waals surface area contributed by atoms with E-state index in [0.717, 1.165) is 0 Å². The number of hydrogen-bond acceptors (Lipinski definition) is 4. The summed E-state index contributed by atoms with van der Waals surface area (Å²) in [5.74, 6) is 1.08. The maximum atomic E-state index is 10.4. The van der Waals surface area contributed by atoms with Crippen molar-refractivity contribution in [3.8, 4) is 0 Å². The molecule has 5 nitrogen and oxygen atoms in total. The summed E-state index contributed by atoms with van der Waals surface area (Å²) in [6, 6.07) is 0. The van der Waals surface area contributed by atoms with Gasteiger partial charge in [-0.05, 0) is 11.8 Å². The molecule has 1 aromatic heterocycles. The summed E-state index contributed by atoms with van der Waals surface area (Å²) >= 11 is 4.01. The van der Waals surface area contributed by atoms with E-state index in [0.29, 0.717) is 18.1 Å². The van der Waals surface area contributed by atoms with Crippen LogP contribution >= 0.6 is 12.6 Å². The van der Waals surface area contributed by atoms with Crippen LogP contribution < -0.4 is 0 Å². The SMILES string of the molecule is CCn1c([N+](=O)[O-])cnc1CS. The van der Waals surface area contributed by atoms with Gasteiger partial charge in [0.1, 0.15) is 6.20 Å². The van der Waals surface area contributed by atoms with Gasteiger partial charge in [0.25, 0.3) is 0 Å². The summed E-state index contributed by atoms with van der Waals surface area (Å²) in [6.45, 7) is 2.38. The van der Waals surface area contributed by atoms with Crippen LogP contribution in [-0.4, -0.2) is 14.5 Å². The van der Waals surface area contributed by atoms with Gasteiger partial charge in [0.05, 0.1) is 12.3 Å². The first kappa shape index (κ1) is 9.05. The third kappa shape index (κ3) is 1.42. The second kappa shape index (κ2) is 3.57. The molecule has 0 radical (unpaired) electrons. The van der Waals surface area contributed by atoms with Crippen molar-refractivity contribution in [1.29, 1.82) is 0 Å². The zero-order valence-electron chi connectivity index (χ0n) is 6.60. The van der Waals surface area contributed by atoms with Crippen LogP contribution in [0.2, 0.25) is 0 Å². The van der Waals surface area contributed by atoms with Gasteiger partial charge in [-0.3, -0.25) is 0 Å². The lowest BCUT2D eigenvalue weighted by atomic mass is 10.6. The smallest absolute Gasteiger partial charge is 0.342 e. The van der Waals surface area contributed by atoms with E-state index in [2.05, 4.69) is 17.6 Å². The Hall–Kier alpha value is -1.04. The minimum absolute atomic E-state index is 0.0292. The first-order chi connectivity index (χ1) is 5.70. The van der Waals surface area contributed by atoms with Crippen LogP contribution in [0.25, 0.3) is 0 Å². The Balaban J connectivity index is 3.13. The molecule has 6 heteroatoms. The van der Waals surface area contributed by atoms with Crippen LogP contribution in [0, 0.1) is 10.1 Å². The predicted octanol–water partition coefficient (Wildman–Crippen LogP) is 1.24. The van der Waals surface area contributed by atoms with Crippen LogP contribution in [-0.2, 0) is 12.3 Å². The molecule has 0 atom stereocenters. The molecule has 0 saturated heterocycles. The van der Waals surface area contributed by atoms with Crippen LogP contribution in [0.4, 0.5) is 5.82 Å². The van der Waals surface area contributed by atoms with E-state index in [1.165, 1.54) is 10.8 Å². The van der Waals surface area contributed by atoms with Crippen LogP contribution in [0.15, 0.2) is 6.20 Å². The van der Waals surface area contributed by atoms with Gasteiger partial charge in [0.15, 0.2) is 0 Å². The van der Waals surface area contributed by atoms with Gasteiger partial charge >= 0.3 is 5.82 Å². The molecule has 0 spiro atoms. The molecular weight excluding hydrogens is 178 g/mol. The van der Waals surface area contributed by atoms with Gasteiger partial charge in [-0.25, -0.2) is 9.55 Å². The highest BCUT2D eigenvalue weighted by Crippen LogP contribution is 2.14. The number of nitro groups is 1. The number of thiol groups is 1. The summed E-state index contributed by atoms with van der Waals surface area (Å²) < 4.78 is 1.53. The van der Waals surface area contributed by atoms with Crippen LogP contribution in [0.3, 0.4) is 0 Å². The Morgan fingerprint density at radius 1 is 1.83 bits per heavy atom. The van der Waals surface area contributed by atoms with Crippen molar-refractivity contribution in [2.45, 2.75) is 19.2 Å². The molecule has 1 rings (SSSR count). The fourth-order valence-corrected chi connectivity index (χ4v) is 1.27. The minimum atomic E-state index is -0.441. The lowest BCUT2D eigenvalue weighted by Crippen LogP contribution is -2.03. The molecule has 0 fully saturated rings. The molecule has 0 N–H and O–H groups in total. The Morgan fingerprint density at radius 3 is 2.92 bits per heavy atom. The molecule has 1 aromatic rings. The Bertz CT molecular complexity index is 297. The molecule has 12 heavy (non-hydrogen) atoms. The van der Waals surface area contributed by atoms with E-state index >= 15 is 0 Å². The number of hydrogen-bond donors (Lipinski definition) is 1. The molecule has 0 aliphatic rings. The standard InChI is InChI=1S/C6H9N3O2S/c1-2-8-5(4-12)7-3-6(8)9(10)11/h3,12H,2,4H2,1H3. The van der Waals surface area contributed by atoms with E-state index in [9.17, 15) is 10.1 Å². The zero-order valence-corrected chi connectivity index (χ0v) is 7.49. The first-order valence-corrected chi connectivity index (χ1v) is 4.13. The molecule has 0 aliphatic carbocycles. The Kier molecular flexibility index (Phi) is 2.69. The molecule has 0 aliphatic heterocycles. The highest BCUT2D eigenvalue weighted by atomic mass is 32.1. The van der Waals surface area contributed by atoms with Crippen molar-refractivity contribution in [1.82, 2.24) is 9.55 Å². The molecule has 0 unspecified atom stereocenters. The van der Waals surface area contributed by atoms with Crippen molar-refractivity contribution in [2.75, 3.05) is 0 Å². The number of imidazole rings is 1. The molecular formula is C6H9N3O2S. The fraction of sp³-hybridized carbons (Fsp3) is 0.500. The van der Waals surface area contributed by atoms with Crippen molar-refractivity contribution in [3.63, 3.8) is 0 Å². The second-order valence-electron chi connectivity index (χ2n) is 2.19. The highest BCUT2D eigenvalue weighted by Gasteiger charge is 2.16. The summed E-state index contributed by atoms with van der Waals surface area (Å²) in [5.41, 5.74) is 0. The van der Waals surface area contributed by atoms with Crippen LogP contribution in [0.1, 0.15) is 12.7 Å². The van der Waals surface area contributed by atoms with Crippen molar-refractivity contribution in [3.05, 3.63) is 22.1 Å². The molecule has 0 bridgehead atoms. The van der Waals surface area contributed by atoms with Gasteiger partial charge < -0.3 is 10.1 Å². The molecule has 0 aromatic carbocycles. The van der Waals surface area contributed by atoms with Gasteiger partial charge in [-0.2, -0.15) is 12.6 Å². The average Bonchev–Trinajstić information content (AvgIpc) is 2.46. The number of nitrogens with zero attached hydrogens (tertiary/aromatic N) is 3. The highest BCUT2D eigenvalue weighted by molar-refractivity contribution is 7.79. The summed E-state index contributed by atoms with van der Waals surface area (Å²) in [7, 11) is 0. The Morgan fingerprint density at radius 2 is 2.50 bits per heavy atom. The topological polar surface area (TPSA) is 61.0 Å². The Labute approximate surface area is 75.0 Å².